The number of amides is 2. The van der Waals surface area contributed by atoms with Crippen LogP contribution in [0.25, 0.3) is 0 Å². The molecule has 3 rings (SSSR count). The Bertz CT molecular complexity index is 785. The Balaban J connectivity index is 1.61. The molecule has 1 aromatic rings. The molecule has 1 aromatic carbocycles. The van der Waals surface area contributed by atoms with Gasteiger partial charge in [0, 0.05) is 26.1 Å². The number of hydrogen-bond donors (Lipinski definition) is 0. The number of carbonyl (C=O) groups is 2. The second-order valence-electron chi connectivity index (χ2n) is 7.06. The molecule has 0 bridgehead atoms. The lowest BCUT2D eigenvalue weighted by atomic mass is 10.1. The summed E-state index contributed by atoms with van der Waals surface area (Å²) < 4.78 is 30.2. The summed E-state index contributed by atoms with van der Waals surface area (Å²) in [4.78, 5) is 28.9. The Morgan fingerprint density at radius 3 is 2.44 bits per heavy atom. The van der Waals surface area contributed by atoms with E-state index in [9.17, 15) is 18.0 Å². The number of hydrogen-bond acceptors (Lipinski definition) is 5. The van der Waals surface area contributed by atoms with Crippen molar-refractivity contribution >= 4 is 21.7 Å². The lowest BCUT2D eigenvalue weighted by Gasteiger charge is -2.32. The summed E-state index contributed by atoms with van der Waals surface area (Å²) in [5.41, 5.74) is 0.978. The maximum atomic E-state index is 12.7. The van der Waals surface area contributed by atoms with Gasteiger partial charge in [-0.1, -0.05) is 17.7 Å². The fourth-order valence-corrected chi connectivity index (χ4v) is 4.77. The van der Waals surface area contributed by atoms with Gasteiger partial charge in [0.05, 0.1) is 23.9 Å². The molecule has 2 amide bonds. The molecule has 1 atom stereocenters. The van der Waals surface area contributed by atoms with Crippen molar-refractivity contribution in [3.05, 3.63) is 29.8 Å². The summed E-state index contributed by atoms with van der Waals surface area (Å²) in [6, 6.07) is 6.14. The molecular formula is C19H26N2O5S. The van der Waals surface area contributed by atoms with Crippen molar-refractivity contribution in [1.82, 2.24) is 9.80 Å². The smallest absolute Gasteiger partial charge is 0.245 e. The van der Waals surface area contributed by atoms with Gasteiger partial charge in [0.2, 0.25) is 11.8 Å². The summed E-state index contributed by atoms with van der Waals surface area (Å²) in [6.45, 7) is 4.50. The van der Waals surface area contributed by atoms with Crippen LogP contribution >= 0.6 is 0 Å². The van der Waals surface area contributed by atoms with E-state index in [-0.39, 0.29) is 28.9 Å². The van der Waals surface area contributed by atoms with Gasteiger partial charge in [-0.2, -0.15) is 0 Å². The topological polar surface area (TPSA) is 84.0 Å². The standard InChI is InChI=1S/C19H26N2O5S/c1-15-4-6-16(7-5-15)27(24,25)14-8-18(22)21-9-2-3-17(21)19(23)20-10-12-26-13-11-20/h4-7,17H,2-3,8-14H2,1H3/t17-/m0/s1. The average molecular weight is 394 g/mol. The minimum atomic E-state index is -3.52. The molecule has 148 valence electrons. The molecule has 8 heteroatoms. The third-order valence-electron chi connectivity index (χ3n) is 5.15. The first kappa shape index (κ1) is 19.8. The van der Waals surface area contributed by atoms with Crippen LogP contribution in [-0.4, -0.2) is 74.7 Å². The SMILES string of the molecule is Cc1ccc(S(=O)(=O)CCC(=O)N2CCC[C@H]2C(=O)N2CCOCC2)cc1. The molecule has 2 aliphatic heterocycles. The number of carbonyl (C=O) groups excluding carboxylic acids is 2. The van der Waals surface area contributed by atoms with E-state index >= 15 is 0 Å². The highest BCUT2D eigenvalue weighted by Crippen LogP contribution is 2.22. The molecule has 0 aromatic heterocycles. The Labute approximate surface area is 160 Å². The number of ether oxygens (including phenoxy) is 1. The van der Waals surface area contributed by atoms with Crippen molar-refractivity contribution in [2.75, 3.05) is 38.6 Å². The summed E-state index contributed by atoms with van der Waals surface area (Å²) in [5, 5.41) is 0. The van der Waals surface area contributed by atoms with Gasteiger partial charge in [-0.15, -0.1) is 0 Å². The fraction of sp³-hybridized carbons (Fsp3) is 0.579. The number of benzene rings is 1. The van der Waals surface area contributed by atoms with Crippen LogP contribution in [0.3, 0.4) is 0 Å². The quantitative estimate of drug-likeness (QED) is 0.744. The van der Waals surface area contributed by atoms with E-state index in [1.54, 1.807) is 34.1 Å². The highest BCUT2D eigenvalue weighted by molar-refractivity contribution is 7.91. The zero-order valence-electron chi connectivity index (χ0n) is 15.6. The zero-order chi connectivity index (χ0) is 19.4. The van der Waals surface area contributed by atoms with Crippen LogP contribution in [0.1, 0.15) is 24.8 Å². The van der Waals surface area contributed by atoms with E-state index in [1.807, 2.05) is 6.92 Å². The van der Waals surface area contributed by atoms with Gasteiger partial charge in [-0.3, -0.25) is 9.59 Å². The Kier molecular flexibility index (Phi) is 6.16. The third-order valence-corrected chi connectivity index (χ3v) is 6.88. The molecule has 0 radical (unpaired) electrons. The van der Waals surface area contributed by atoms with Gasteiger partial charge < -0.3 is 14.5 Å². The van der Waals surface area contributed by atoms with Gasteiger partial charge in [0.15, 0.2) is 9.84 Å². The molecule has 2 heterocycles. The van der Waals surface area contributed by atoms with Crippen LogP contribution in [0.2, 0.25) is 0 Å². The van der Waals surface area contributed by atoms with E-state index in [2.05, 4.69) is 0 Å². The van der Waals surface area contributed by atoms with E-state index in [0.717, 1.165) is 12.0 Å². The molecule has 27 heavy (non-hydrogen) atoms. The van der Waals surface area contributed by atoms with E-state index in [4.69, 9.17) is 4.74 Å². The highest BCUT2D eigenvalue weighted by Gasteiger charge is 2.37. The maximum absolute atomic E-state index is 12.7. The summed E-state index contributed by atoms with van der Waals surface area (Å²) >= 11 is 0. The van der Waals surface area contributed by atoms with Gasteiger partial charge in [-0.25, -0.2) is 8.42 Å². The molecule has 0 unspecified atom stereocenters. The van der Waals surface area contributed by atoms with Crippen LogP contribution in [0.4, 0.5) is 0 Å². The normalized spacial score (nSPS) is 20.7. The van der Waals surface area contributed by atoms with Gasteiger partial charge in [-0.05, 0) is 31.9 Å². The minimum Gasteiger partial charge on any atom is -0.378 e. The molecular weight excluding hydrogens is 368 g/mol. The summed E-state index contributed by atoms with van der Waals surface area (Å²) in [5.74, 6) is -0.565. The Morgan fingerprint density at radius 2 is 1.78 bits per heavy atom. The maximum Gasteiger partial charge on any atom is 0.245 e. The summed E-state index contributed by atoms with van der Waals surface area (Å²) in [6.07, 6.45) is 1.28. The second kappa shape index (κ2) is 8.39. The Hall–Kier alpha value is -1.93. The predicted molar refractivity (Wildman–Crippen MR) is 100.0 cm³/mol. The molecule has 0 aliphatic carbocycles. The monoisotopic (exact) mass is 394 g/mol. The number of aryl methyl sites for hydroxylation is 1. The molecule has 7 nitrogen and oxygen atoms in total. The van der Waals surface area contributed by atoms with Crippen molar-refractivity contribution in [3.63, 3.8) is 0 Å². The number of morpholine rings is 1. The molecule has 0 saturated carbocycles. The van der Waals surface area contributed by atoms with Gasteiger partial charge in [0.1, 0.15) is 6.04 Å². The van der Waals surface area contributed by atoms with Crippen LogP contribution < -0.4 is 0 Å². The molecule has 0 spiro atoms. The average Bonchev–Trinajstić information content (AvgIpc) is 3.16. The fourth-order valence-electron chi connectivity index (χ4n) is 3.55. The van der Waals surface area contributed by atoms with Crippen molar-refractivity contribution in [2.24, 2.45) is 0 Å². The number of rotatable bonds is 5. The van der Waals surface area contributed by atoms with Crippen LogP contribution in [0, 0.1) is 6.92 Å². The first-order valence-electron chi connectivity index (χ1n) is 9.34. The number of nitrogens with zero attached hydrogens (tertiary/aromatic N) is 2. The van der Waals surface area contributed by atoms with Crippen LogP contribution in [0.5, 0.6) is 0 Å². The van der Waals surface area contributed by atoms with E-state index in [1.165, 1.54) is 0 Å². The first-order valence-corrected chi connectivity index (χ1v) is 11.0. The minimum absolute atomic E-state index is 0.0504. The van der Waals surface area contributed by atoms with E-state index in [0.29, 0.717) is 39.3 Å². The lowest BCUT2D eigenvalue weighted by Crippen LogP contribution is -2.51. The molecule has 0 N–H and O–H groups in total. The number of sulfone groups is 1. The highest BCUT2D eigenvalue weighted by atomic mass is 32.2. The largest absolute Gasteiger partial charge is 0.378 e. The lowest BCUT2D eigenvalue weighted by molar-refractivity contribution is -0.146. The Morgan fingerprint density at radius 1 is 1.11 bits per heavy atom. The predicted octanol–water partition coefficient (Wildman–Crippen LogP) is 1.01. The third kappa shape index (κ3) is 4.68. The van der Waals surface area contributed by atoms with Crippen LogP contribution in [-0.2, 0) is 24.2 Å². The van der Waals surface area contributed by atoms with E-state index < -0.39 is 15.9 Å². The second-order valence-corrected chi connectivity index (χ2v) is 9.17. The first-order chi connectivity index (χ1) is 12.9. The zero-order valence-corrected chi connectivity index (χ0v) is 16.4. The molecule has 2 fully saturated rings. The molecule has 2 aliphatic rings. The van der Waals surface area contributed by atoms with Gasteiger partial charge >= 0.3 is 0 Å². The van der Waals surface area contributed by atoms with Gasteiger partial charge in [0.25, 0.3) is 0 Å². The summed E-state index contributed by atoms with van der Waals surface area (Å²) in [7, 11) is -3.52. The van der Waals surface area contributed by atoms with Crippen LogP contribution in [0.15, 0.2) is 29.2 Å². The molecule has 2 saturated heterocycles. The number of likely N-dealkylation sites (tertiary alicyclic amines) is 1. The van der Waals surface area contributed by atoms with Crippen molar-refractivity contribution < 1.29 is 22.7 Å². The van der Waals surface area contributed by atoms with Crippen molar-refractivity contribution in [1.29, 1.82) is 0 Å². The van der Waals surface area contributed by atoms with Crippen molar-refractivity contribution in [3.8, 4) is 0 Å². The van der Waals surface area contributed by atoms with Crippen molar-refractivity contribution in [2.45, 2.75) is 37.1 Å².